The first-order valence-electron chi connectivity index (χ1n) is 9.70. The lowest BCUT2D eigenvalue weighted by atomic mass is 9.97. The number of carbonyl (C=O) groups excluding carboxylic acids is 1. The number of pyridine rings is 1. The summed E-state index contributed by atoms with van der Waals surface area (Å²) in [6.07, 6.45) is 4.29. The molecule has 156 valence electrons. The average Bonchev–Trinajstić information content (AvgIpc) is 2.82. The van der Waals surface area contributed by atoms with E-state index in [0.717, 1.165) is 11.1 Å². The van der Waals surface area contributed by atoms with Gasteiger partial charge in [-0.1, -0.05) is 25.1 Å². The minimum Gasteiger partial charge on any atom is -0.369 e. The van der Waals surface area contributed by atoms with Gasteiger partial charge in [-0.25, -0.2) is 24.9 Å². The maximum Gasteiger partial charge on any atom is 0.270 e. The van der Waals surface area contributed by atoms with Gasteiger partial charge in [0.15, 0.2) is 0 Å². The van der Waals surface area contributed by atoms with Gasteiger partial charge < -0.3 is 10.6 Å². The molecule has 2 N–H and O–H groups in total. The van der Waals surface area contributed by atoms with Gasteiger partial charge >= 0.3 is 0 Å². The molecule has 4 aromatic rings. The number of para-hydroxylation sites is 1. The van der Waals surface area contributed by atoms with Crippen molar-refractivity contribution >= 4 is 22.6 Å². The zero-order valence-electron chi connectivity index (χ0n) is 17.0. The van der Waals surface area contributed by atoms with E-state index in [1.54, 1.807) is 19.2 Å². The van der Waals surface area contributed by atoms with Gasteiger partial charge in [0.2, 0.25) is 5.95 Å². The van der Waals surface area contributed by atoms with E-state index in [1.807, 2.05) is 18.2 Å². The van der Waals surface area contributed by atoms with Gasteiger partial charge in [0, 0.05) is 42.7 Å². The van der Waals surface area contributed by atoms with E-state index in [4.69, 9.17) is 0 Å². The van der Waals surface area contributed by atoms with Gasteiger partial charge in [-0.05, 0) is 17.7 Å². The highest BCUT2D eigenvalue weighted by Crippen LogP contribution is 2.26. The molecule has 0 bridgehead atoms. The molecular weight excluding hydrogens is 397 g/mol. The molecule has 3 heterocycles. The van der Waals surface area contributed by atoms with Gasteiger partial charge in [0.25, 0.3) is 5.91 Å². The second-order valence-corrected chi connectivity index (χ2v) is 6.98. The predicted molar refractivity (Wildman–Crippen MR) is 115 cm³/mol. The Hall–Kier alpha value is -4.01. The van der Waals surface area contributed by atoms with Crippen molar-refractivity contribution in [2.75, 3.05) is 18.9 Å². The lowest BCUT2D eigenvalue weighted by molar-refractivity contribution is 0.0960. The molecule has 0 aliphatic carbocycles. The number of amides is 1. The summed E-state index contributed by atoms with van der Waals surface area (Å²) in [5, 5.41) is 6.63. The molecule has 1 amide bonds. The molecule has 0 radical (unpaired) electrons. The van der Waals surface area contributed by atoms with Gasteiger partial charge in [0.1, 0.15) is 24.2 Å². The van der Waals surface area contributed by atoms with Crippen molar-refractivity contribution in [2.45, 2.75) is 12.8 Å². The molecule has 1 aromatic carbocycles. The third kappa shape index (κ3) is 4.30. The summed E-state index contributed by atoms with van der Waals surface area (Å²) in [6, 6.07) is 10.4. The zero-order chi connectivity index (χ0) is 21.8. The third-order valence-corrected chi connectivity index (χ3v) is 4.95. The largest absolute Gasteiger partial charge is 0.369 e. The minimum absolute atomic E-state index is 0.0713. The van der Waals surface area contributed by atoms with Crippen molar-refractivity contribution < 1.29 is 9.18 Å². The van der Waals surface area contributed by atoms with Crippen molar-refractivity contribution in [1.29, 1.82) is 0 Å². The van der Waals surface area contributed by atoms with E-state index in [2.05, 4.69) is 42.5 Å². The summed E-state index contributed by atoms with van der Waals surface area (Å²) in [5.41, 5.74) is 3.43. The summed E-state index contributed by atoms with van der Waals surface area (Å²) in [6.45, 7) is 2.64. The number of aromatic nitrogens is 5. The topological polar surface area (TPSA) is 106 Å². The van der Waals surface area contributed by atoms with E-state index in [1.165, 1.54) is 24.9 Å². The Morgan fingerprint density at radius 2 is 1.90 bits per heavy atom. The molecule has 0 saturated carbocycles. The lowest BCUT2D eigenvalue weighted by Gasteiger charge is -2.16. The number of hydrogen-bond acceptors (Lipinski definition) is 7. The number of carbonyl (C=O) groups is 1. The Labute approximate surface area is 178 Å². The van der Waals surface area contributed by atoms with E-state index in [0.29, 0.717) is 34.7 Å². The number of halogens is 1. The second-order valence-electron chi connectivity index (χ2n) is 6.98. The molecule has 4 rings (SSSR count). The smallest absolute Gasteiger partial charge is 0.270 e. The fourth-order valence-corrected chi connectivity index (χ4v) is 3.31. The summed E-state index contributed by atoms with van der Waals surface area (Å²) in [4.78, 5) is 32.8. The Morgan fingerprint density at radius 1 is 1.06 bits per heavy atom. The van der Waals surface area contributed by atoms with E-state index < -0.39 is 5.95 Å². The number of nitrogens with one attached hydrogen (secondary N) is 2. The molecule has 3 aromatic heterocycles. The Kier molecular flexibility index (Phi) is 5.74. The van der Waals surface area contributed by atoms with Crippen LogP contribution in [0.1, 0.15) is 28.9 Å². The summed E-state index contributed by atoms with van der Waals surface area (Å²) < 4.78 is 13.1. The van der Waals surface area contributed by atoms with Crippen molar-refractivity contribution in [2.24, 2.45) is 0 Å². The number of rotatable bonds is 6. The number of benzene rings is 1. The van der Waals surface area contributed by atoms with Crippen LogP contribution in [0.25, 0.3) is 22.2 Å². The molecule has 1 unspecified atom stereocenters. The Balaban J connectivity index is 1.55. The third-order valence-electron chi connectivity index (χ3n) is 4.95. The summed E-state index contributed by atoms with van der Waals surface area (Å²) in [5.74, 6) is -0.0771. The molecule has 0 fully saturated rings. The molecule has 0 saturated heterocycles. The first kappa shape index (κ1) is 20.3. The van der Waals surface area contributed by atoms with Gasteiger partial charge in [-0.15, -0.1) is 0 Å². The first-order chi connectivity index (χ1) is 15.1. The lowest BCUT2D eigenvalue weighted by Crippen LogP contribution is -2.20. The van der Waals surface area contributed by atoms with Crippen molar-refractivity contribution in [3.05, 3.63) is 72.5 Å². The van der Waals surface area contributed by atoms with Crippen LogP contribution in [-0.4, -0.2) is 44.4 Å². The summed E-state index contributed by atoms with van der Waals surface area (Å²) >= 11 is 0. The summed E-state index contributed by atoms with van der Waals surface area (Å²) in [7, 11) is 1.57. The Morgan fingerprint density at radius 3 is 2.68 bits per heavy atom. The maximum atomic E-state index is 13.1. The van der Waals surface area contributed by atoms with Crippen LogP contribution < -0.4 is 10.6 Å². The van der Waals surface area contributed by atoms with Crippen LogP contribution in [0.3, 0.4) is 0 Å². The van der Waals surface area contributed by atoms with Crippen LogP contribution in [-0.2, 0) is 0 Å². The number of hydrogen-bond donors (Lipinski definition) is 2. The molecule has 0 spiro atoms. The van der Waals surface area contributed by atoms with Crippen LogP contribution in [0.5, 0.6) is 0 Å². The SMILES string of the molecule is CNC(=O)c1ncnc2c(C(C)CNc3cc(-c4ccc(F)nc4)ncn3)cccc12. The molecule has 0 aliphatic heterocycles. The molecular formula is C22H20FN7O. The molecule has 0 aliphatic rings. The van der Waals surface area contributed by atoms with Crippen LogP contribution >= 0.6 is 0 Å². The maximum absolute atomic E-state index is 13.1. The molecule has 9 heteroatoms. The highest BCUT2D eigenvalue weighted by Gasteiger charge is 2.16. The fourth-order valence-electron chi connectivity index (χ4n) is 3.31. The normalized spacial score (nSPS) is 11.8. The van der Waals surface area contributed by atoms with Crippen LogP contribution in [0.15, 0.2) is 55.2 Å². The second kappa shape index (κ2) is 8.78. The molecule has 31 heavy (non-hydrogen) atoms. The van der Waals surface area contributed by atoms with E-state index in [9.17, 15) is 9.18 Å². The number of nitrogens with zero attached hydrogens (tertiary/aromatic N) is 5. The fraction of sp³-hybridized carbons (Fsp3) is 0.182. The van der Waals surface area contributed by atoms with Gasteiger partial charge in [0.05, 0.1) is 11.2 Å². The van der Waals surface area contributed by atoms with Crippen LogP contribution in [0.4, 0.5) is 10.2 Å². The van der Waals surface area contributed by atoms with E-state index in [-0.39, 0.29) is 11.8 Å². The van der Waals surface area contributed by atoms with Crippen LogP contribution in [0, 0.1) is 5.95 Å². The van der Waals surface area contributed by atoms with Crippen LogP contribution in [0.2, 0.25) is 0 Å². The van der Waals surface area contributed by atoms with Crippen molar-refractivity contribution in [1.82, 2.24) is 30.2 Å². The molecule has 8 nitrogen and oxygen atoms in total. The predicted octanol–water partition coefficient (Wildman–Crippen LogP) is 3.20. The highest BCUT2D eigenvalue weighted by molar-refractivity contribution is 6.04. The monoisotopic (exact) mass is 417 g/mol. The minimum atomic E-state index is -0.538. The number of anilines is 1. The molecule has 1 atom stereocenters. The highest BCUT2D eigenvalue weighted by atomic mass is 19.1. The van der Waals surface area contributed by atoms with Gasteiger partial charge in [-0.3, -0.25) is 4.79 Å². The first-order valence-corrected chi connectivity index (χ1v) is 9.70. The average molecular weight is 417 g/mol. The Bertz CT molecular complexity index is 1230. The quantitative estimate of drug-likeness (QED) is 0.464. The zero-order valence-corrected chi connectivity index (χ0v) is 17.0. The van der Waals surface area contributed by atoms with Gasteiger partial charge in [-0.2, -0.15) is 4.39 Å². The standard InChI is InChI=1S/C22H20FN7O/c1-13(15-4-3-5-16-20(15)29-12-30-21(16)22(31)24-2)9-26-19-8-17(27-11-28-19)14-6-7-18(23)25-10-14/h3-8,10-13H,9H2,1-2H3,(H,24,31)(H,26,27,28). The van der Waals surface area contributed by atoms with Crippen molar-refractivity contribution in [3.63, 3.8) is 0 Å². The number of fused-ring (bicyclic) bond motifs is 1. The van der Waals surface area contributed by atoms with E-state index >= 15 is 0 Å². The van der Waals surface area contributed by atoms with Crippen molar-refractivity contribution in [3.8, 4) is 11.3 Å².